The Balaban J connectivity index is 1.69. The molecule has 0 saturated carbocycles. The van der Waals surface area contributed by atoms with Gasteiger partial charge in [0.25, 0.3) is 5.91 Å². The van der Waals surface area contributed by atoms with Crippen LogP contribution in [0.3, 0.4) is 0 Å². The monoisotopic (exact) mass is 376 g/mol. The fourth-order valence-electron chi connectivity index (χ4n) is 3.21. The van der Waals surface area contributed by atoms with Crippen LogP contribution in [0.1, 0.15) is 42.4 Å². The number of carbonyl (C=O) groups is 1. The highest BCUT2D eigenvalue weighted by atomic mass is 16.1. The summed E-state index contributed by atoms with van der Waals surface area (Å²) in [5, 5.41) is 7.30. The van der Waals surface area contributed by atoms with Gasteiger partial charge in [-0.3, -0.25) is 9.69 Å². The van der Waals surface area contributed by atoms with E-state index in [0.29, 0.717) is 11.6 Å². The molecule has 0 spiro atoms. The number of hydrogen-bond donors (Lipinski definition) is 1. The van der Waals surface area contributed by atoms with Crippen molar-refractivity contribution in [3.63, 3.8) is 0 Å². The SMILES string of the molecule is CCN(Cc1ccc(C(=O)Nc2cccc(-n3nccc3C)c2)cc1)C(C)C. The molecule has 1 heterocycles. The first-order chi connectivity index (χ1) is 13.5. The Morgan fingerprint density at radius 2 is 1.89 bits per heavy atom. The lowest BCUT2D eigenvalue weighted by atomic mass is 10.1. The molecule has 0 saturated heterocycles. The average molecular weight is 377 g/mol. The van der Waals surface area contributed by atoms with Gasteiger partial charge in [-0.25, -0.2) is 4.68 Å². The lowest BCUT2D eigenvalue weighted by Gasteiger charge is -2.24. The third-order valence-electron chi connectivity index (χ3n) is 4.92. The van der Waals surface area contributed by atoms with Gasteiger partial charge in [-0.1, -0.05) is 25.1 Å². The average Bonchev–Trinajstić information content (AvgIpc) is 3.12. The van der Waals surface area contributed by atoms with Gasteiger partial charge in [0, 0.05) is 35.7 Å². The number of hydrogen-bond acceptors (Lipinski definition) is 3. The van der Waals surface area contributed by atoms with E-state index in [0.717, 1.165) is 30.2 Å². The van der Waals surface area contributed by atoms with E-state index in [1.165, 1.54) is 5.56 Å². The van der Waals surface area contributed by atoms with Crippen LogP contribution in [0.25, 0.3) is 5.69 Å². The van der Waals surface area contributed by atoms with E-state index >= 15 is 0 Å². The fraction of sp³-hybridized carbons (Fsp3) is 0.304. The molecule has 1 aromatic heterocycles. The minimum Gasteiger partial charge on any atom is -0.322 e. The summed E-state index contributed by atoms with van der Waals surface area (Å²) < 4.78 is 1.85. The van der Waals surface area contributed by atoms with Crippen molar-refractivity contribution in [3.8, 4) is 5.69 Å². The van der Waals surface area contributed by atoms with Gasteiger partial charge < -0.3 is 5.32 Å². The highest BCUT2D eigenvalue weighted by Gasteiger charge is 2.10. The molecule has 5 heteroatoms. The largest absolute Gasteiger partial charge is 0.322 e. The van der Waals surface area contributed by atoms with Crippen molar-refractivity contribution in [2.24, 2.45) is 0 Å². The summed E-state index contributed by atoms with van der Waals surface area (Å²) in [6.45, 7) is 10.5. The number of carbonyl (C=O) groups excluding carboxylic acids is 1. The van der Waals surface area contributed by atoms with Gasteiger partial charge in [0.05, 0.1) is 5.69 Å². The highest BCUT2D eigenvalue weighted by molar-refractivity contribution is 6.04. The molecule has 3 rings (SSSR count). The molecule has 0 atom stereocenters. The molecule has 3 aromatic rings. The third kappa shape index (κ3) is 4.67. The van der Waals surface area contributed by atoms with Crippen molar-refractivity contribution in [2.45, 2.75) is 40.3 Å². The number of nitrogens with zero attached hydrogens (tertiary/aromatic N) is 3. The van der Waals surface area contributed by atoms with Crippen LogP contribution < -0.4 is 5.32 Å². The van der Waals surface area contributed by atoms with E-state index < -0.39 is 0 Å². The van der Waals surface area contributed by atoms with Gasteiger partial charge in [0.2, 0.25) is 0 Å². The number of benzene rings is 2. The van der Waals surface area contributed by atoms with Gasteiger partial charge >= 0.3 is 0 Å². The van der Waals surface area contributed by atoms with E-state index in [4.69, 9.17) is 0 Å². The Morgan fingerprint density at radius 3 is 2.50 bits per heavy atom. The molecule has 0 unspecified atom stereocenters. The molecule has 1 N–H and O–H groups in total. The van der Waals surface area contributed by atoms with Gasteiger partial charge in [0.15, 0.2) is 0 Å². The quantitative estimate of drug-likeness (QED) is 0.652. The summed E-state index contributed by atoms with van der Waals surface area (Å²) in [4.78, 5) is 15.0. The topological polar surface area (TPSA) is 50.2 Å². The zero-order chi connectivity index (χ0) is 20.1. The lowest BCUT2D eigenvalue weighted by Crippen LogP contribution is -2.29. The summed E-state index contributed by atoms with van der Waals surface area (Å²) in [5.41, 5.74) is 4.57. The smallest absolute Gasteiger partial charge is 0.255 e. The first-order valence-corrected chi connectivity index (χ1v) is 9.73. The lowest BCUT2D eigenvalue weighted by molar-refractivity contribution is 0.102. The second kappa shape index (κ2) is 8.85. The molecule has 0 bridgehead atoms. The van der Waals surface area contributed by atoms with Gasteiger partial charge in [-0.2, -0.15) is 5.10 Å². The Kier molecular flexibility index (Phi) is 6.26. The van der Waals surface area contributed by atoms with Crippen LogP contribution in [-0.2, 0) is 6.54 Å². The molecule has 0 aliphatic rings. The van der Waals surface area contributed by atoms with Gasteiger partial charge in [-0.05, 0) is 69.3 Å². The van der Waals surface area contributed by atoms with Crippen molar-refractivity contribution in [1.82, 2.24) is 14.7 Å². The Morgan fingerprint density at radius 1 is 1.14 bits per heavy atom. The summed E-state index contributed by atoms with van der Waals surface area (Å²) in [5.74, 6) is -0.114. The maximum absolute atomic E-state index is 12.6. The molecular formula is C23H28N4O. The van der Waals surface area contributed by atoms with Crippen molar-refractivity contribution in [3.05, 3.63) is 77.6 Å². The molecule has 1 amide bonds. The van der Waals surface area contributed by atoms with E-state index in [9.17, 15) is 4.79 Å². The molecule has 28 heavy (non-hydrogen) atoms. The van der Waals surface area contributed by atoms with Crippen molar-refractivity contribution in [2.75, 3.05) is 11.9 Å². The second-order valence-electron chi connectivity index (χ2n) is 7.24. The maximum Gasteiger partial charge on any atom is 0.255 e. The number of rotatable bonds is 7. The zero-order valence-electron chi connectivity index (χ0n) is 17.0. The van der Waals surface area contributed by atoms with E-state index in [1.807, 2.05) is 66.2 Å². The summed E-state index contributed by atoms with van der Waals surface area (Å²) in [7, 11) is 0. The van der Waals surface area contributed by atoms with Crippen LogP contribution >= 0.6 is 0 Å². The Bertz CT molecular complexity index is 928. The molecule has 2 aromatic carbocycles. The van der Waals surface area contributed by atoms with E-state index in [1.54, 1.807) is 6.20 Å². The maximum atomic E-state index is 12.6. The first kappa shape index (κ1) is 19.8. The molecule has 0 radical (unpaired) electrons. The minimum absolute atomic E-state index is 0.114. The van der Waals surface area contributed by atoms with Crippen LogP contribution in [0.2, 0.25) is 0 Å². The van der Waals surface area contributed by atoms with Crippen molar-refractivity contribution < 1.29 is 4.79 Å². The van der Waals surface area contributed by atoms with Crippen LogP contribution in [0.5, 0.6) is 0 Å². The number of aryl methyl sites for hydroxylation is 1. The molecule has 0 aliphatic carbocycles. The van der Waals surface area contributed by atoms with E-state index in [2.05, 4.69) is 36.1 Å². The number of amides is 1. The van der Waals surface area contributed by atoms with Gasteiger partial charge in [0.1, 0.15) is 0 Å². The number of nitrogens with one attached hydrogen (secondary N) is 1. The minimum atomic E-state index is -0.114. The van der Waals surface area contributed by atoms with Crippen LogP contribution in [-0.4, -0.2) is 33.2 Å². The zero-order valence-corrected chi connectivity index (χ0v) is 17.0. The van der Waals surface area contributed by atoms with Crippen molar-refractivity contribution in [1.29, 1.82) is 0 Å². The van der Waals surface area contributed by atoms with Crippen molar-refractivity contribution >= 4 is 11.6 Å². The summed E-state index contributed by atoms with van der Waals surface area (Å²) in [6.07, 6.45) is 1.76. The fourth-order valence-corrected chi connectivity index (χ4v) is 3.21. The molecule has 0 aliphatic heterocycles. The molecular weight excluding hydrogens is 348 g/mol. The van der Waals surface area contributed by atoms with Gasteiger partial charge in [-0.15, -0.1) is 0 Å². The molecule has 146 valence electrons. The summed E-state index contributed by atoms with van der Waals surface area (Å²) in [6, 6.07) is 18.0. The van der Waals surface area contributed by atoms with Crippen LogP contribution in [0, 0.1) is 6.92 Å². The number of anilines is 1. The van der Waals surface area contributed by atoms with Crippen LogP contribution in [0.15, 0.2) is 60.8 Å². The Labute approximate surface area is 167 Å². The molecule has 5 nitrogen and oxygen atoms in total. The Hall–Kier alpha value is -2.92. The summed E-state index contributed by atoms with van der Waals surface area (Å²) >= 11 is 0. The van der Waals surface area contributed by atoms with E-state index in [-0.39, 0.29) is 5.91 Å². The highest BCUT2D eigenvalue weighted by Crippen LogP contribution is 2.17. The molecule has 0 fully saturated rings. The van der Waals surface area contributed by atoms with Crippen LogP contribution in [0.4, 0.5) is 5.69 Å². The predicted octanol–water partition coefficient (Wildman–Crippen LogP) is 4.66. The first-order valence-electron chi connectivity index (χ1n) is 9.73. The number of aromatic nitrogens is 2. The second-order valence-corrected chi connectivity index (χ2v) is 7.24. The third-order valence-corrected chi connectivity index (χ3v) is 4.92. The standard InChI is InChI=1S/C23H28N4O/c1-5-26(17(2)3)16-19-9-11-20(12-10-19)23(28)25-21-7-6-8-22(15-21)27-18(4)13-14-24-27/h6-15,17H,5,16H2,1-4H3,(H,25,28). The normalized spacial score (nSPS) is 11.2. The predicted molar refractivity (Wildman–Crippen MR) is 114 cm³/mol.